The van der Waals surface area contributed by atoms with Gasteiger partial charge in [0.05, 0.1) is 18.1 Å². The van der Waals surface area contributed by atoms with Crippen molar-refractivity contribution in [3.63, 3.8) is 0 Å². The first-order valence-electron chi connectivity index (χ1n) is 9.51. The number of hydrogen-bond acceptors (Lipinski definition) is 2. The summed E-state index contributed by atoms with van der Waals surface area (Å²) in [5.74, 6) is 0. The van der Waals surface area contributed by atoms with Gasteiger partial charge in [0.1, 0.15) is 0 Å². The molecule has 1 heterocycles. The summed E-state index contributed by atoms with van der Waals surface area (Å²) in [5, 5.41) is 10.9. The summed E-state index contributed by atoms with van der Waals surface area (Å²) in [4.78, 5) is 4.29. The first kappa shape index (κ1) is 18.1. The third-order valence-corrected chi connectivity index (χ3v) is 9.32. The monoisotopic (exact) mass is 410 g/mol. The van der Waals surface area contributed by atoms with E-state index in [1.807, 2.05) is 18.3 Å². The number of rotatable bonds is 4. The molecule has 0 fully saturated rings. The van der Waals surface area contributed by atoms with Crippen LogP contribution < -0.4 is 15.7 Å². The van der Waals surface area contributed by atoms with Gasteiger partial charge in [-0.15, -0.1) is 0 Å². The van der Waals surface area contributed by atoms with Crippen molar-refractivity contribution in [1.82, 2.24) is 4.98 Å². The molecule has 4 aromatic carbocycles. The fourth-order valence-electron chi connectivity index (χ4n) is 3.83. The second kappa shape index (κ2) is 7.44. The predicted molar refractivity (Wildman–Crippen MR) is 129 cm³/mol. The Morgan fingerprint density at radius 2 is 1.17 bits per heavy atom. The zero-order chi connectivity index (χ0) is 19.7. The summed E-state index contributed by atoms with van der Waals surface area (Å²) in [6.07, 6.45) is 1.23. The summed E-state index contributed by atoms with van der Waals surface area (Å²) >= 11 is 6.54. The summed E-state index contributed by atoms with van der Waals surface area (Å²) < 4.78 is 0. The normalized spacial score (nSPS) is 11.6. The Labute approximate surface area is 175 Å². The maximum atomic E-state index is 6.54. The van der Waals surface area contributed by atoms with E-state index in [9.17, 15) is 0 Å². The van der Waals surface area contributed by atoms with Gasteiger partial charge in [0.25, 0.3) is 0 Å². The van der Waals surface area contributed by atoms with E-state index in [2.05, 4.69) is 95.0 Å². The average Bonchev–Trinajstić information content (AvgIpc) is 2.79. The highest BCUT2D eigenvalue weighted by Gasteiger charge is 2.26. The number of aromatic nitrogens is 1. The van der Waals surface area contributed by atoms with E-state index in [1.165, 1.54) is 32.2 Å². The Balaban J connectivity index is 1.84. The summed E-state index contributed by atoms with van der Waals surface area (Å²) in [7, 11) is 0. The molecule has 5 aromatic rings. The molecule has 5 rings (SSSR count). The number of nitrogens with zero attached hydrogens (tertiary/aromatic N) is 1. The molecule has 0 spiro atoms. The van der Waals surface area contributed by atoms with E-state index in [0.717, 1.165) is 5.69 Å². The zero-order valence-corrected chi connectivity index (χ0v) is 17.4. The van der Waals surface area contributed by atoms with E-state index in [1.54, 1.807) is 6.20 Å². The van der Waals surface area contributed by atoms with Gasteiger partial charge in [-0.05, 0) is 33.7 Å². The first-order valence-corrected chi connectivity index (χ1v) is 12.3. The summed E-state index contributed by atoms with van der Waals surface area (Å²) in [5.41, 5.74) is 0.941. The lowest BCUT2D eigenvalue weighted by Crippen LogP contribution is -2.23. The van der Waals surface area contributed by atoms with Gasteiger partial charge in [-0.3, -0.25) is 4.98 Å². The minimum absolute atomic E-state index is 0.941. The van der Waals surface area contributed by atoms with E-state index >= 15 is 0 Å². The minimum atomic E-state index is -2.39. The number of fused-ring (bicyclic) bond motifs is 2. The Hall–Kier alpha value is -3.00. The molecular formula is C25H19N2PS. The molecule has 1 N–H and O–H groups in total. The van der Waals surface area contributed by atoms with Gasteiger partial charge in [0.15, 0.2) is 0 Å². The molecule has 0 unspecified atom stereocenters. The Kier molecular flexibility index (Phi) is 4.63. The quantitative estimate of drug-likeness (QED) is 0.377. The van der Waals surface area contributed by atoms with Crippen LogP contribution in [0.3, 0.4) is 0 Å². The molecule has 0 atom stereocenters. The Morgan fingerprint density at radius 1 is 0.621 bits per heavy atom. The maximum Gasteiger partial charge on any atom is 0.0916 e. The van der Waals surface area contributed by atoms with Crippen molar-refractivity contribution in [1.29, 1.82) is 0 Å². The van der Waals surface area contributed by atoms with E-state index in [0.29, 0.717) is 0 Å². The highest BCUT2D eigenvalue weighted by Crippen LogP contribution is 2.47. The van der Waals surface area contributed by atoms with Crippen molar-refractivity contribution < 1.29 is 0 Å². The highest BCUT2D eigenvalue weighted by molar-refractivity contribution is 8.22. The van der Waals surface area contributed by atoms with Crippen LogP contribution in [-0.4, -0.2) is 4.98 Å². The van der Waals surface area contributed by atoms with E-state index in [-0.39, 0.29) is 0 Å². The fraction of sp³-hybridized carbons (Fsp3) is 0. The van der Waals surface area contributed by atoms with Crippen LogP contribution in [0.15, 0.2) is 109 Å². The Bertz CT molecular complexity index is 1270. The molecule has 1 aromatic heterocycles. The number of benzene rings is 4. The van der Waals surface area contributed by atoms with E-state index in [4.69, 9.17) is 11.8 Å². The van der Waals surface area contributed by atoms with Gasteiger partial charge in [-0.1, -0.05) is 96.7 Å². The van der Waals surface area contributed by atoms with Crippen molar-refractivity contribution in [2.75, 3.05) is 5.09 Å². The second-order valence-electron chi connectivity index (χ2n) is 6.96. The van der Waals surface area contributed by atoms with Gasteiger partial charge in [-0.2, -0.15) is 0 Å². The average molecular weight is 410 g/mol. The molecule has 0 saturated heterocycles. The maximum absolute atomic E-state index is 6.54. The van der Waals surface area contributed by atoms with Crippen LogP contribution in [-0.2, 0) is 11.8 Å². The van der Waals surface area contributed by atoms with Crippen LogP contribution in [0.2, 0.25) is 0 Å². The highest BCUT2D eigenvalue weighted by atomic mass is 32.4. The zero-order valence-electron chi connectivity index (χ0n) is 15.7. The summed E-state index contributed by atoms with van der Waals surface area (Å²) in [6.45, 7) is 0. The van der Waals surface area contributed by atoms with Crippen LogP contribution in [0.5, 0.6) is 0 Å². The molecule has 140 valence electrons. The fourth-order valence-corrected chi connectivity index (χ4v) is 7.77. The van der Waals surface area contributed by atoms with Crippen molar-refractivity contribution in [2.24, 2.45) is 0 Å². The van der Waals surface area contributed by atoms with Crippen LogP contribution in [0, 0.1) is 0 Å². The second-order valence-corrected chi connectivity index (χ2v) is 11.0. The van der Waals surface area contributed by atoms with Crippen LogP contribution in [0.4, 0.5) is 5.69 Å². The standard InChI is InChI=1S/C25H19N2PS/c29-28(27-21-12-7-17-26-18-21,24-15-5-10-19-8-1-3-13-22(19)24)25-16-6-11-20-9-2-4-14-23(20)25/h1-18H,(H,27,29). The molecular weight excluding hydrogens is 391 g/mol. The van der Waals surface area contributed by atoms with Gasteiger partial charge in [0, 0.05) is 16.8 Å². The van der Waals surface area contributed by atoms with Crippen molar-refractivity contribution in [3.05, 3.63) is 109 Å². The molecule has 0 amide bonds. The van der Waals surface area contributed by atoms with Crippen molar-refractivity contribution >= 4 is 55.8 Å². The van der Waals surface area contributed by atoms with Crippen LogP contribution >= 0.6 is 6.19 Å². The largest absolute Gasteiger partial charge is 0.349 e. The van der Waals surface area contributed by atoms with Gasteiger partial charge >= 0.3 is 0 Å². The summed E-state index contributed by atoms with van der Waals surface area (Å²) in [6, 6.07) is 33.8. The lowest BCUT2D eigenvalue weighted by atomic mass is 10.1. The third kappa shape index (κ3) is 3.23. The molecule has 0 saturated carbocycles. The molecule has 29 heavy (non-hydrogen) atoms. The smallest absolute Gasteiger partial charge is 0.0916 e. The lowest BCUT2D eigenvalue weighted by molar-refractivity contribution is 1.33. The number of pyridine rings is 1. The molecule has 0 aliphatic rings. The van der Waals surface area contributed by atoms with Gasteiger partial charge < -0.3 is 5.09 Å². The van der Waals surface area contributed by atoms with Crippen LogP contribution in [0.1, 0.15) is 0 Å². The number of hydrogen-bond donors (Lipinski definition) is 1. The number of nitrogens with one attached hydrogen (secondary N) is 1. The SMILES string of the molecule is S=P(Nc1cccnc1)(c1cccc2ccccc12)c1cccc2ccccc12. The molecule has 0 bridgehead atoms. The molecule has 0 radical (unpaired) electrons. The number of anilines is 1. The topological polar surface area (TPSA) is 24.9 Å². The Morgan fingerprint density at radius 3 is 1.72 bits per heavy atom. The molecule has 4 heteroatoms. The molecule has 0 aliphatic heterocycles. The van der Waals surface area contributed by atoms with Crippen LogP contribution in [0.25, 0.3) is 21.5 Å². The third-order valence-electron chi connectivity index (χ3n) is 5.16. The van der Waals surface area contributed by atoms with Crippen molar-refractivity contribution in [2.45, 2.75) is 0 Å². The molecule has 0 aliphatic carbocycles. The van der Waals surface area contributed by atoms with Gasteiger partial charge in [0.2, 0.25) is 0 Å². The van der Waals surface area contributed by atoms with Gasteiger partial charge in [-0.25, -0.2) is 0 Å². The lowest BCUT2D eigenvalue weighted by Gasteiger charge is -2.28. The van der Waals surface area contributed by atoms with E-state index < -0.39 is 6.19 Å². The molecule has 2 nitrogen and oxygen atoms in total. The first-order chi connectivity index (χ1) is 14.3. The predicted octanol–water partition coefficient (Wildman–Crippen LogP) is 5.85. The van der Waals surface area contributed by atoms with Crippen molar-refractivity contribution in [3.8, 4) is 0 Å². The minimum Gasteiger partial charge on any atom is -0.349 e.